The maximum Gasteiger partial charge on any atom is 0.00366 e. The van der Waals surface area contributed by atoms with Crippen LogP contribution in [0.3, 0.4) is 0 Å². The molecule has 1 heteroatoms. The zero-order valence-corrected chi connectivity index (χ0v) is 7.44. The van der Waals surface area contributed by atoms with Crippen LogP contribution in [0.25, 0.3) is 0 Å². The first-order valence-corrected chi connectivity index (χ1v) is 3.81. The van der Waals surface area contributed by atoms with Crippen molar-refractivity contribution in [3.05, 3.63) is 35.8 Å². The Morgan fingerprint density at radius 2 is 2.10 bits per heavy atom. The minimum atomic E-state index is 0.584. The highest BCUT2D eigenvalue weighted by Crippen LogP contribution is 2.04. The molecule has 0 heterocycles. The standard InChI is InChI=1S/C9H14S/c1-4-5-9(10)7-6-8(2)3/h4-8,10H,1H2,2-3H3/b7-6+,9-5+. The van der Waals surface area contributed by atoms with Gasteiger partial charge in [0, 0.05) is 4.91 Å². The third-order valence-corrected chi connectivity index (χ3v) is 1.24. The van der Waals surface area contributed by atoms with E-state index in [1.165, 1.54) is 0 Å². The Balaban J connectivity index is 3.88. The van der Waals surface area contributed by atoms with Crippen molar-refractivity contribution < 1.29 is 0 Å². The molecule has 0 unspecified atom stereocenters. The van der Waals surface area contributed by atoms with E-state index in [0.717, 1.165) is 4.91 Å². The first kappa shape index (κ1) is 9.57. The van der Waals surface area contributed by atoms with E-state index in [1.54, 1.807) is 6.08 Å². The molecule has 0 amide bonds. The molecule has 0 aromatic carbocycles. The highest BCUT2D eigenvalue weighted by molar-refractivity contribution is 7.84. The Hall–Kier alpha value is -0.430. The van der Waals surface area contributed by atoms with Crippen molar-refractivity contribution in [1.29, 1.82) is 0 Å². The van der Waals surface area contributed by atoms with Crippen LogP contribution >= 0.6 is 12.6 Å². The van der Waals surface area contributed by atoms with Gasteiger partial charge in [0.2, 0.25) is 0 Å². The molecule has 0 aliphatic rings. The Kier molecular flexibility index (Phi) is 5.13. The number of hydrogen-bond donors (Lipinski definition) is 1. The maximum atomic E-state index is 4.19. The SMILES string of the molecule is C=C/C=C(S)\C=C\C(C)C. The second kappa shape index (κ2) is 5.36. The Bertz CT molecular complexity index is 152. The largest absolute Gasteiger partial charge is 0.143 e. The van der Waals surface area contributed by atoms with Crippen LogP contribution in [0.15, 0.2) is 35.8 Å². The van der Waals surface area contributed by atoms with Gasteiger partial charge in [-0.3, -0.25) is 0 Å². The van der Waals surface area contributed by atoms with Gasteiger partial charge in [0.25, 0.3) is 0 Å². The van der Waals surface area contributed by atoms with Crippen LogP contribution in [0.4, 0.5) is 0 Å². The van der Waals surface area contributed by atoms with E-state index in [0.29, 0.717) is 5.92 Å². The van der Waals surface area contributed by atoms with E-state index in [4.69, 9.17) is 0 Å². The van der Waals surface area contributed by atoms with E-state index >= 15 is 0 Å². The number of rotatable bonds is 3. The lowest BCUT2D eigenvalue weighted by Gasteiger charge is -1.92. The van der Waals surface area contributed by atoms with Crippen LogP contribution in [0.2, 0.25) is 0 Å². The minimum Gasteiger partial charge on any atom is -0.143 e. The topological polar surface area (TPSA) is 0 Å². The molecule has 0 atom stereocenters. The maximum absolute atomic E-state index is 4.19. The van der Waals surface area contributed by atoms with E-state index in [1.807, 2.05) is 12.2 Å². The summed E-state index contributed by atoms with van der Waals surface area (Å²) < 4.78 is 0. The Labute approximate surface area is 68.7 Å². The molecule has 0 radical (unpaired) electrons. The van der Waals surface area contributed by atoms with Gasteiger partial charge in [-0.05, 0) is 12.0 Å². The van der Waals surface area contributed by atoms with Crippen LogP contribution in [0.1, 0.15) is 13.8 Å². The summed E-state index contributed by atoms with van der Waals surface area (Å²) in [4.78, 5) is 0.948. The molecule has 0 N–H and O–H groups in total. The fraction of sp³-hybridized carbons (Fsp3) is 0.333. The molecule has 0 aromatic heterocycles. The molecule has 0 bridgehead atoms. The summed E-state index contributed by atoms with van der Waals surface area (Å²) in [6.45, 7) is 7.83. The van der Waals surface area contributed by atoms with Gasteiger partial charge in [0.1, 0.15) is 0 Å². The van der Waals surface area contributed by atoms with Gasteiger partial charge >= 0.3 is 0 Å². The smallest absolute Gasteiger partial charge is 0.00366 e. The monoisotopic (exact) mass is 154 g/mol. The summed E-state index contributed by atoms with van der Waals surface area (Å²) in [6, 6.07) is 0. The summed E-state index contributed by atoms with van der Waals surface area (Å²) in [7, 11) is 0. The predicted molar refractivity (Wildman–Crippen MR) is 51.2 cm³/mol. The van der Waals surface area contributed by atoms with Gasteiger partial charge < -0.3 is 0 Å². The van der Waals surface area contributed by atoms with Crippen molar-refractivity contribution >= 4 is 12.6 Å². The van der Waals surface area contributed by atoms with Gasteiger partial charge in [-0.15, -0.1) is 12.6 Å². The molecule has 0 aromatic rings. The lowest BCUT2D eigenvalue weighted by atomic mass is 10.2. The summed E-state index contributed by atoms with van der Waals surface area (Å²) in [5, 5.41) is 0. The lowest BCUT2D eigenvalue weighted by Crippen LogP contribution is -1.76. The van der Waals surface area contributed by atoms with Gasteiger partial charge in [-0.25, -0.2) is 0 Å². The van der Waals surface area contributed by atoms with Gasteiger partial charge in [0.15, 0.2) is 0 Å². The van der Waals surface area contributed by atoms with E-state index in [2.05, 4.69) is 39.1 Å². The van der Waals surface area contributed by atoms with Gasteiger partial charge in [-0.2, -0.15) is 0 Å². The Morgan fingerprint density at radius 3 is 2.50 bits per heavy atom. The fourth-order valence-electron chi connectivity index (χ4n) is 0.467. The molecular weight excluding hydrogens is 140 g/mol. The van der Waals surface area contributed by atoms with Crippen LogP contribution < -0.4 is 0 Å². The van der Waals surface area contributed by atoms with Crippen molar-refractivity contribution in [2.45, 2.75) is 13.8 Å². The van der Waals surface area contributed by atoms with Crippen LogP contribution in [-0.4, -0.2) is 0 Å². The van der Waals surface area contributed by atoms with E-state index < -0.39 is 0 Å². The van der Waals surface area contributed by atoms with Crippen molar-refractivity contribution in [2.75, 3.05) is 0 Å². The fourth-order valence-corrected chi connectivity index (χ4v) is 0.659. The predicted octanol–water partition coefficient (Wildman–Crippen LogP) is 3.20. The normalized spacial score (nSPS) is 13.0. The highest BCUT2D eigenvalue weighted by atomic mass is 32.1. The van der Waals surface area contributed by atoms with Gasteiger partial charge in [0.05, 0.1) is 0 Å². The van der Waals surface area contributed by atoms with Crippen molar-refractivity contribution in [1.82, 2.24) is 0 Å². The van der Waals surface area contributed by atoms with E-state index in [-0.39, 0.29) is 0 Å². The molecule has 56 valence electrons. The zero-order chi connectivity index (χ0) is 7.98. The molecular formula is C9H14S. The molecule has 0 spiro atoms. The van der Waals surface area contributed by atoms with E-state index in [9.17, 15) is 0 Å². The molecule has 10 heavy (non-hydrogen) atoms. The summed E-state index contributed by atoms with van der Waals surface area (Å²) >= 11 is 4.19. The molecule has 0 aliphatic heterocycles. The van der Waals surface area contributed by atoms with Crippen molar-refractivity contribution in [2.24, 2.45) is 5.92 Å². The number of thiol groups is 1. The van der Waals surface area contributed by atoms with Crippen LogP contribution in [0, 0.1) is 5.92 Å². The summed E-state index contributed by atoms with van der Waals surface area (Å²) in [6.07, 6.45) is 7.67. The molecule has 0 saturated carbocycles. The average molecular weight is 154 g/mol. The first-order chi connectivity index (χ1) is 4.66. The zero-order valence-electron chi connectivity index (χ0n) is 6.54. The molecule has 0 rings (SSSR count). The first-order valence-electron chi connectivity index (χ1n) is 3.36. The second-order valence-electron chi connectivity index (χ2n) is 2.43. The van der Waals surface area contributed by atoms with Crippen molar-refractivity contribution in [3.63, 3.8) is 0 Å². The average Bonchev–Trinajstić information content (AvgIpc) is 1.85. The summed E-state index contributed by atoms with van der Waals surface area (Å²) in [5.41, 5.74) is 0. The van der Waals surface area contributed by atoms with Crippen LogP contribution in [0.5, 0.6) is 0 Å². The molecule has 0 nitrogen and oxygen atoms in total. The number of allylic oxidation sites excluding steroid dienone is 4. The Morgan fingerprint density at radius 1 is 1.50 bits per heavy atom. The van der Waals surface area contributed by atoms with Gasteiger partial charge in [-0.1, -0.05) is 38.7 Å². The summed E-state index contributed by atoms with van der Waals surface area (Å²) in [5.74, 6) is 0.584. The third-order valence-electron chi connectivity index (χ3n) is 0.940. The van der Waals surface area contributed by atoms with Crippen LogP contribution in [-0.2, 0) is 0 Å². The van der Waals surface area contributed by atoms with Crippen molar-refractivity contribution in [3.8, 4) is 0 Å². The second-order valence-corrected chi connectivity index (χ2v) is 2.95. The lowest BCUT2D eigenvalue weighted by molar-refractivity contribution is 0.832. The molecule has 0 saturated heterocycles. The quantitative estimate of drug-likeness (QED) is 0.468. The number of hydrogen-bond acceptors (Lipinski definition) is 1. The third kappa shape index (κ3) is 5.70. The highest BCUT2D eigenvalue weighted by Gasteiger charge is 1.83. The molecule has 0 fully saturated rings. The molecule has 0 aliphatic carbocycles. The minimum absolute atomic E-state index is 0.584.